The molecule has 0 amide bonds. The van der Waals surface area contributed by atoms with Gasteiger partial charge in [-0.05, 0) is 6.54 Å². The minimum atomic E-state index is -0.518. The van der Waals surface area contributed by atoms with E-state index in [4.69, 9.17) is 10.5 Å². The van der Waals surface area contributed by atoms with Crippen molar-refractivity contribution in [2.24, 2.45) is 0 Å². The number of hydrogen-bond donors (Lipinski definition) is 1. The lowest BCUT2D eigenvalue weighted by Gasteiger charge is -2.31. The number of carbonyl (C=O) groups excluding carboxylic acids is 1. The Labute approximate surface area is 112 Å². The Morgan fingerprint density at radius 3 is 3.16 bits per heavy atom. The Hall–Kier alpha value is -1.60. The molecule has 1 aliphatic heterocycles. The molecular formula is C12H20N4O3. The lowest BCUT2D eigenvalue weighted by molar-refractivity contribution is -0.0358. The largest absolute Gasteiger partial charge is 0.464 e. The average molecular weight is 268 g/mol. The van der Waals surface area contributed by atoms with Gasteiger partial charge in [0.2, 0.25) is 0 Å². The highest BCUT2D eigenvalue weighted by molar-refractivity contribution is 5.92. The summed E-state index contributed by atoms with van der Waals surface area (Å²) < 4.78 is 12.0. The van der Waals surface area contributed by atoms with Gasteiger partial charge in [0.1, 0.15) is 0 Å². The minimum absolute atomic E-state index is 0.0681. The maximum atomic E-state index is 11.4. The van der Waals surface area contributed by atoms with Crippen molar-refractivity contribution >= 4 is 11.7 Å². The van der Waals surface area contributed by atoms with Crippen molar-refractivity contribution in [3.63, 3.8) is 0 Å². The first-order chi connectivity index (χ1) is 9.13. The fraction of sp³-hybridized carbons (Fsp3) is 0.667. The summed E-state index contributed by atoms with van der Waals surface area (Å²) >= 11 is 0. The Kier molecular flexibility index (Phi) is 4.39. The second kappa shape index (κ2) is 6.03. The fourth-order valence-electron chi connectivity index (χ4n) is 2.17. The molecule has 7 heteroatoms. The summed E-state index contributed by atoms with van der Waals surface area (Å²) in [6, 6.07) is 0. The average Bonchev–Trinajstić information content (AvgIpc) is 2.79. The molecular weight excluding hydrogens is 248 g/mol. The van der Waals surface area contributed by atoms with Crippen LogP contribution in [0.4, 0.5) is 5.69 Å². The van der Waals surface area contributed by atoms with E-state index in [2.05, 4.69) is 21.7 Å². The molecule has 0 bridgehead atoms. The number of nitrogens with zero attached hydrogens (tertiary/aromatic N) is 3. The molecule has 2 heterocycles. The summed E-state index contributed by atoms with van der Waals surface area (Å²) in [5.41, 5.74) is 6.23. The number of anilines is 1. The van der Waals surface area contributed by atoms with Gasteiger partial charge in [-0.3, -0.25) is 9.58 Å². The van der Waals surface area contributed by atoms with Crippen LogP contribution in [0.25, 0.3) is 0 Å². The molecule has 0 aromatic carbocycles. The third kappa shape index (κ3) is 3.24. The highest BCUT2D eigenvalue weighted by Crippen LogP contribution is 2.13. The number of carbonyl (C=O) groups is 1. The molecule has 2 N–H and O–H groups in total. The molecule has 0 saturated carbocycles. The summed E-state index contributed by atoms with van der Waals surface area (Å²) in [6.07, 6.45) is 1.71. The quantitative estimate of drug-likeness (QED) is 0.772. The Balaban J connectivity index is 2.01. The maximum absolute atomic E-state index is 11.4. The van der Waals surface area contributed by atoms with E-state index in [1.54, 1.807) is 10.9 Å². The van der Waals surface area contributed by atoms with Crippen molar-refractivity contribution in [1.29, 1.82) is 0 Å². The zero-order valence-electron chi connectivity index (χ0n) is 11.3. The van der Waals surface area contributed by atoms with Gasteiger partial charge in [0.25, 0.3) is 0 Å². The van der Waals surface area contributed by atoms with Crippen molar-refractivity contribution in [2.75, 3.05) is 39.1 Å². The lowest BCUT2D eigenvalue weighted by Crippen LogP contribution is -2.44. The van der Waals surface area contributed by atoms with Gasteiger partial charge in [-0.15, -0.1) is 0 Å². The van der Waals surface area contributed by atoms with Gasteiger partial charge in [-0.25, -0.2) is 4.79 Å². The van der Waals surface area contributed by atoms with E-state index in [9.17, 15) is 4.79 Å². The van der Waals surface area contributed by atoms with Crippen LogP contribution in [0.5, 0.6) is 0 Å². The molecule has 0 radical (unpaired) electrons. The van der Waals surface area contributed by atoms with Gasteiger partial charge in [-0.1, -0.05) is 6.92 Å². The zero-order chi connectivity index (χ0) is 13.8. The molecule has 1 atom stereocenters. The van der Waals surface area contributed by atoms with Gasteiger partial charge in [0.05, 0.1) is 32.1 Å². The van der Waals surface area contributed by atoms with Crippen LogP contribution in [-0.2, 0) is 16.0 Å². The molecule has 106 valence electrons. The van der Waals surface area contributed by atoms with Crippen molar-refractivity contribution in [1.82, 2.24) is 14.7 Å². The Bertz CT molecular complexity index is 446. The highest BCUT2D eigenvalue weighted by Gasteiger charge is 2.21. The number of likely N-dealkylation sites (N-methyl/N-ethyl adjacent to an activating group) is 1. The lowest BCUT2D eigenvalue weighted by atomic mass is 10.2. The van der Waals surface area contributed by atoms with Crippen LogP contribution in [0.3, 0.4) is 0 Å². The first-order valence-corrected chi connectivity index (χ1v) is 6.39. The van der Waals surface area contributed by atoms with Gasteiger partial charge in [0.15, 0.2) is 5.69 Å². The number of aromatic nitrogens is 2. The predicted octanol–water partition coefficient (Wildman–Crippen LogP) is -0.0274. The normalized spacial score (nSPS) is 20.4. The van der Waals surface area contributed by atoms with Gasteiger partial charge < -0.3 is 15.2 Å². The smallest absolute Gasteiger partial charge is 0.360 e. The summed E-state index contributed by atoms with van der Waals surface area (Å²) in [5.74, 6) is -0.518. The van der Waals surface area contributed by atoms with Crippen molar-refractivity contribution in [3.8, 4) is 0 Å². The predicted molar refractivity (Wildman–Crippen MR) is 69.8 cm³/mol. The van der Waals surface area contributed by atoms with Gasteiger partial charge >= 0.3 is 5.97 Å². The van der Waals surface area contributed by atoms with E-state index < -0.39 is 5.97 Å². The van der Waals surface area contributed by atoms with Gasteiger partial charge in [0, 0.05) is 19.3 Å². The van der Waals surface area contributed by atoms with Crippen molar-refractivity contribution in [2.45, 2.75) is 19.6 Å². The molecule has 7 nitrogen and oxygen atoms in total. The number of morpholine rings is 1. The fourth-order valence-corrected chi connectivity index (χ4v) is 2.17. The SMILES string of the molecule is CCN1CCOC(Cn2cc(N)c(C(=O)OC)n2)C1. The van der Waals surface area contributed by atoms with Gasteiger partial charge in [-0.2, -0.15) is 5.10 Å². The third-order valence-corrected chi connectivity index (χ3v) is 3.23. The second-order valence-corrected chi connectivity index (χ2v) is 4.53. The minimum Gasteiger partial charge on any atom is -0.464 e. The number of hydrogen-bond acceptors (Lipinski definition) is 6. The molecule has 1 aromatic rings. The third-order valence-electron chi connectivity index (χ3n) is 3.23. The number of nitrogen functional groups attached to an aromatic ring is 1. The maximum Gasteiger partial charge on any atom is 0.360 e. The number of rotatable bonds is 4. The first kappa shape index (κ1) is 13.8. The van der Waals surface area contributed by atoms with Crippen LogP contribution >= 0.6 is 0 Å². The molecule has 2 rings (SSSR count). The molecule has 1 saturated heterocycles. The van der Waals surface area contributed by atoms with Crippen molar-refractivity contribution in [3.05, 3.63) is 11.9 Å². The Morgan fingerprint density at radius 1 is 1.68 bits per heavy atom. The molecule has 1 aromatic heterocycles. The Morgan fingerprint density at radius 2 is 2.47 bits per heavy atom. The van der Waals surface area contributed by atoms with Crippen LogP contribution in [-0.4, -0.2) is 60.1 Å². The number of ether oxygens (including phenoxy) is 2. The number of methoxy groups -OCH3 is 1. The van der Waals surface area contributed by atoms with Crippen LogP contribution in [0.15, 0.2) is 6.20 Å². The van der Waals surface area contributed by atoms with Crippen LogP contribution < -0.4 is 5.73 Å². The van der Waals surface area contributed by atoms with E-state index in [0.717, 1.165) is 26.2 Å². The molecule has 0 spiro atoms. The van der Waals surface area contributed by atoms with Crippen molar-refractivity contribution < 1.29 is 14.3 Å². The zero-order valence-corrected chi connectivity index (χ0v) is 11.3. The highest BCUT2D eigenvalue weighted by atomic mass is 16.5. The van der Waals surface area contributed by atoms with E-state index >= 15 is 0 Å². The number of nitrogens with two attached hydrogens (primary N) is 1. The van der Waals surface area contributed by atoms with Crippen LogP contribution in [0.2, 0.25) is 0 Å². The van der Waals surface area contributed by atoms with E-state index in [1.807, 2.05) is 0 Å². The van der Waals surface area contributed by atoms with E-state index in [0.29, 0.717) is 12.2 Å². The molecule has 1 unspecified atom stereocenters. The van der Waals surface area contributed by atoms with E-state index in [1.165, 1.54) is 7.11 Å². The topological polar surface area (TPSA) is 82.6 Å². The monoisotopic (exact) mass is 268 g/mol. The summed E-state index contributed by atoms with van der Waals surface area (Å²) in [5, 5.41) is 4.14. The van der Waals surface area contributed by atoms with E-state index in [-0.39, 0.29) is 11.8 Å². The summed E-state index contributed by atoms with van der Waals surface area (Å²) in [6.45, 7) is 6.26. The molecule has 1 fully saturated rings. The van der Waals surface area contributed by atoms with Crippen LogP contribution in [0.1, 0.15) is 17.4 Å². The number of esters is 1. The standard InChI is InChI=1S/C12H20N4O3/c1-3-15-4-5-19-9(6-15)7-16-8-10(13)11(14-16)12(17)18-2/h8-9H,3-7,13H2,1-2H3. The second-order valence-electron chi connectivity index (χ2n) is 4.53. The van der Waals surface area contributed by atoms with Crippen LogP contribution in [0, 0.1) is 0 Å². The molecule has 19 heavy (non-hydrogen) atoms. The summed E-state index contributed by atoms with van der Waals surface area (Å²) in [4.78, 5) is 13.7. The summed E-state index contributed by atoms with van der Waals surface area (Å²) in [7, 11) is 1.31. The first-order valence-electron chi connectivity index (χ1n) is 6.39. The molecule has 0 aliphatic carbocycles. The molecule has 1 aliphatic rings.